The zero-order valence-electron chi connectivity index (χ0n) is 17.4. The average molecular weight is 387 g/mol. The number of carbonyl (C=O) groups excluding carboxylic acids is 1. The van der Waals surface area contributed by atoms with Gasteiger partial charge in [-0.3, -0.25) is 9.69 Å². The van der Waals surface area contributed by atoms with Gasteiger partial charge in [-0.15, -0.1) is 0 Å². The molecule has 0 spiro atoms. The second-order valence-corrected chi connectivity index (χ2v) is 9.34. The van der Waals surface area contributed by atoms with E-state index < -0.39 is 0 Å². The number of amides is 1. The Morgan fingerprint density at radius 1 is 1.14 bits per heavy atom. The van der Waals surface area contributed by atoms with Gasteiger partial charge in [0.2, 0.25) is 5.91 Å². The maximum absolute atomic E-state index is 13.0. The highest BCUT2D eigenvalue weighted by Crippen LogP contribution is 2.55. The Labute approximate surface area is 168 Å². The molecule has 4 aliphatic rings. The zero-order valence-corrected chi connectivity index (χ0v) is 17.4. The maximum Gasteiger partial charge on any atom is 0.237 e. The predicted octanol–water partition coefficient (Wildman–Crippen LogP) is 3.48. The standard InChI is InChI=1S/C23H34N2O3/c1-16(25(2)8-9-28-21-7-5-4-6-20(21)27-3)22(26)24-23-13-17-10-18(14-23)12-19(11-17)15-23/h4-7,16-19H,8-15H2,1-3H3,(H,24,26). The van der Waals surface area contributed by atoms with Crippen molar-refractivity contribution in [2.45, 2.75) is 57.0 Å². The van der Waals surface area contributed by atoms with E-state index >= 15 is 0 Å². The van der Waals surface area contributed by atoms with Gasteiger partial charge in [0, 0.05) is 12.1 Å². The first-order valence-corrected chi connectivity index (χ1v) is 10.8. The lowest BCUT2D eigenvalue weighted by Gasteiger charge is -2.57. The summed E-state index contributed by atoms with van der Waals surface area (Å²) in [5.74, 6) is 4.17. The van der Waals surface area contributed by atoms with E-state index in [1.54, 1.807) is 7.11 Å². The third-order valence-corrected chi connectivity index (χ3v) is 7.24. The smallest absolute Gasteiger partial charge is 0.237 e. The fourth-order valence-electron chi connectivity index (χ4n) is 6.06. The zero-order chi connectivity index (χ0) is 19.7. The molecule has 0 aliphatic heterocycles. The summed E-state index contributed by atoms with van der Waals surface area (Å²) in [7, 11) is 3.64. The molecule has 0 heterocycles. The van der Waals surface area contributed by atoms with E-state index in [1.807, 2.05) is 38.2 Å². The Hall–Kier alpha value is -1.75. The highest BCUT2D eigenvalue weighted by atomic mass is 16.5. The summed E-state index contributed by atoms with van der Waals surface area (Å²) in [5, 5.41) is 3.49. The number of nitrogens with zero attached hydrogens (tertiary/aromatic N) is 1. The van der Waals surface area contributed by atoms with Crippen molar-refractivity contribution in [2.24, 2.45) is 17.8 Å². The van der Waals surface area contributed by atoms with Gasteiger partial charge in [-0.1, -0.05) is 12.1 Å². The molecule has 4 bridgehead atoms. The molecule has 1 unspecified atom stereocenters. The van der Waals surface area contributed by atoms with Crippen LogP contribution in [0, 0.1) is 17.8 Å². The lowest BCUT2D eigenvalue weighted by atomic mass is 9.53. The van der Waals surface area contributed by atoms with Crippen LogP contribution in [0.3, 0.4) is 0 Å². The lowest BCUT2D eigenvalue weighted by Crippen LogP contribution is -2.62. The van der Waals surface area contributed by atoms with Crippen LogP contribution >= 0.6 is 0 Å². The fourth-order valence-corrected chi connectivity index (χ4v) is 6.06. The van der Waals surface area contributed by atoms with Gasteiger partial charge in [0.1, 0.15) is 6.61 Å². The summed E-state index contributed by atoms with van der Waals surface area (Å²) >= 11 is 0. The van der Waals surface area contributed by atoms with Gasteiger partial charge in [0.15, 0.2) is 11.5 Å². The van der Waals surface area contributed by atoms with Gasteiger partial charge in [-0.05, 0) is 82.4 Å². The monoisotopic (exact) mass is 386 g/mol. The summed E-state index contributed by atoms with van der Waals surface area (Å²) in [6, 6.07) is 7.50. The van der Waals surface area contributed by atoms with Crippen LogP contribution in [0.2, 0.25) is 0 Å². The van der Waals surface area contributed by atoms with Crippen LogP contribution in [0.5, 0.6) is 11.5 Å². The first kappa shape index (κ1) is 19.6. The SMILES string of the molecule is COc1ccccc1OCCN(C)C(C)C(=O)NC12CC3CC(CC(C3)C1)C2. The summed E-state index contributed by atoms with van der Waals surface area (Å²) in [6.45, 7) is 3.21. The van der Waals surface area contributed by atoms with Crippen LogP contribution < -0.4 is 14.8 Å². The number of ether oxygens (including phenoxy) is 2. The molecule has 0 aromatic heterocycles. The third kappa shape index (κ3) is 4.00. The largest absolute Gasteiger partial charge is 0.493 e. The van der Waals surface area contributed by atoms with Gasteiger partial charge in [0.25, 0.3) is 0 Å². The molecule has 1 N–H and O–H groups in total. The van der Waals surface area contributed by atoms with Crippen LogP contribution in [-0.4, -0.2) is 49.7 Å². The number of carbonyl (C=O) groups is 1. The normalized spacial score (nSPS) is 31.6. The minimum Gasteiger partial charge on any atom is -0.493 e. The quantitative estimate of drug-likeness (QED) is 0.743. The van der Waals surface area contributed by atoms with Crippen molar-refractivity contribution in [1.82, 2.24) is 10.2 Å². The molecule has 4 saturated carbocycles. The Balaban J connectivity index is 1.28. The molecule has 1 aromatic carbocycles. The highest BCUT2D eigenvalue weighted by molar-refractivity contribution is 5.82. The van der Waals surface area contributed by atoms with E-state index in [0.29, 0.717) is 13.2 Å². The number of hydrogen-bond acceptors (Lipinski definition) is 4. The van der Waals surface area contributed by atoms with Crippen LogP contribution in [0.15, 0.2) is 24.3 Å². The summed E-state index contributed by atoms with van der Waals surface area (Å²) in [6.07, 6.45) is 7.76. The number of para-hydroxylation sites is 2. The number of nitrogens with one attached hydrogen (secondary N) is 1. The van der Waals surface area contributed by atoms with Crippen molar-refractivity contribution in [3.8, 4) is 11.5 Å². The van der Waals surface area contributed by atoms with Crippen molar-refractivity contribution >= 4 is 5.91 Å². The molecule has 28 heavy (non-hydrogen) atoms. The van der Waals surface area contributed by atoms with Crippen LogP contribution in [-0.2, 0) is 4.79 Å². The second-order valence-electron chi connectivity index (χ2n) is 9.34. The lowest BCUT2D eigenvalue weighted by molar-refractivity contribution is -0.131. The van der Waals surface area contributed by atoms with E-state index in [4.69, 9.17) is 9.47 Å². The molecule has 1 aromatic rings. The third-order valence-electron chi connectivity index (χ3n) is 7.24. The Bertz CT molecular complexity index is 670. The highest BCUT2D eigenvalue weighted by Gasteiger charge is 2.51. The molecule has 154 valence electrons. The van der Waals surface area contributed by atoms with Crippen molar-refractivity contribution < 1.29 is 14.3 Å². The topological polar surface area (TPSA) is 50.8 Å². The van der Waals surface area contributed by atoms with Gasteiger partial charge in [0.05, 0.1) is 13.2 Å². The first-order valence-electron chi connectivity index (χ1n) is 10.8. The van der Waals surface area contributed by atoms with Gasteiger partial charge < -0.3 is 14.8 Å². The molecule has 5 nitrogen and oxygen atoms in total. The van der Waals surface area contributed by atoms with Gasteiger partial charge in [-0.2, -0.15) is 0 Å². The van der Waals surface area contributed by atoms with E-state index in [2.05, 4.69) is 10.2 Å². The molecule has 5 rings (SSSR count). The molecule has 4 fully saturated rings. The maximum atomic E-state index is 13.0. The van der Waals surface area contributed by atoms with Crippen LogP contribution in [0.1, 0.15) is 45.4 Å². The Morgan fingerprint density at radius 3 is 2.29 bits per heavy atom. The van der Waals surface area contributed by atoms with E-state index in [0.717, 1.165) is 29.3 Å². The Kier molecular flexibility index (Phi) is 5.55. The van der Waals surface area contributed by atoms with Crippen molar-refractivity contribution in [2.75, 3.05) is 27.3 Å². The fraction of sp³-hybridized carbons (Fsp3) is 0.696. The second kappa shape index (κ2) is 7.94. The summed E-state index contributed by atoms with van der Waals surface area (Å²) in [4.78, 5) is 15.1. The number of benzene rings is 1. The van der Waals surface area contributed by atoms with Gasteiger partial charge in [-0.25, -0.2) is 0 Å². The first-order chi connectivity index (χ1) is 13.5. The number of likely N-dealkylation sites (N-methyl/N-ethyl adjacent to an activating group) is 1. The van der Waals surface area contributed by atoms with E-state index in [1.165, 1.54) is 38.5 Å². The Morgan fingerprint density at radius 2 is 1.71 bits per heavy atom. The molecule has 0 radical (unpaired) electrons. The number of hydrogen-bond donors (Lipinski definition) is 1. The van der Waals surface area contributed by atoms with Crippen LogP contribution in [0.4, 0.5) is 0 Å². The van der Waals surface area contributed by atoms with Crippen LogP contribution in [0.25, 0.3) is 0 Å². The molecule has 1 atom stereocenters. The molecule has 4 aliphatic carbocycles. The summed E-state index contributed by atoms with van der Waals surface area (Å²) < 4.78 is 11.2. The van der Waals surface area contributed by atoms with Crippen molar-refractivity contribution in [1.29, 1.82) is 0 Å². The van der Waals surface area contributed by atoms with Crippen molar-refractivity contribution in [3.05, 3.63) is 24.3 Å². The minimum absolute atomic E-state index is 0.0782. The van der Waals surface area contributed by atoms with Crippen molar-refractivity contribution in [3.63, 3.8) is 0 Å². The van der Waals surface area contributed by atoms with E-state index in [9.17, 15) is 4.79 Å². The number of methoxy groups -OCH3 is 1. The molecular formula is C23H34N2O3. The van der Waals surface area contributed by atoms with E-state index in [-0.39, 0.29) is 17.5 Å². The molecular weight excluding hydrogens is 352 g/mol. The molecule has 1 amide bonds. The summed E-state index contributed by atoms with van der Waals surface area (Å²) in [5.41, 5.74) is 0.0782. The van der Waals surface area contributed by atoms with Gasteiger partial charge >= 0.3 is 0 Å². The molecule has 0 saturated heterocycles. The predicted molar refractivity (Wildman–Crippen MR) is 110 cm³/mol. The number of rotatable bonds is 8. The minimum atomic E-state index is -0.158. The molecule has 5 heteroatoms. The average Bonchev–Trinajstić information content (AvgIpc) is 2.66.